The van der Waals surface area contributed by atoms with Gasteiger partial charge in [-0.25, -0.2) is 18.6 Å². The smallest absolute Gasteiger partial charge is 0.344 e. The van der Waals surface area contributed by atoms with Gasteiger partial charge in [0.2, 0.25) is 5.88 Å². The molecule has 0 aliphatic carbocycles. The Morgan fingerprint density at radius 1 is 1.41 bits per heavy atom. The number of halogens is 2. The number of thiazole rings is 1. The van der Waals surface area contributed by atoms with Crippen molar-refractivity contribution in [3.05, 3.63) is 45.1 Å². The van der Waals surface area contributed by atoms with Crippen molar-refractivity contribution in [2.24, 2.45) is 0 Å². The lowest BCUT2D eigenvalue weighted by Crippen LogP contribution is -2.25. The first kappa shape index (κ1) is 22.6. The lowest BCUT2D eigenvalue weighted by atomic mass is 10.2. The third-order valence-electron chi connectivity index (χ3n) is 4.88. The molecule has 1 fully saturated rings. The van der Waals surface area contributed by atoms with Gasteiger partial charge in [0.1, 0.15) is 10.9 Å². The van der Waals surface area contributed by atoms with E-state index in [2.05, 4.69) is 9.97 Å². The molecule has 0 radical (unpaired) electrons. The fraction of sp³-hybridized carbons (Fsp3) is 0.400. The van der Waals surface area contributed by atoms with Gasteiger partial charge in [0.05, 0.1) is 0 Å². The van der Waals surface area contributed by atoms with Crippen molar-refractivity contribution in [3.63, 3.8) is 0 Å². The Hall–Kier alpha value is -2.57. The van der Waals surface area contributed by atoms with Crippen LogP contribution in [-0.2, 0) is 15.3 Å². The van der Waals surface area contributed by atoms with Crippen molar-refractivity contribution in [3.8, 4) is 5.88 Å². The van der Waals surface area contributed by atoms with Crippen LogP contribution >= 0.6 is 23.1 Å². The molecule has 2 atom stereocenters. The van der Waals surface area contributed by atoms with Crippen molar-refractivity contribution in [2.75, 3.05) is 6.61 Å². The van der Waals surface area contributed by atoms with Gasteiger partial charge in [0.15, 0.2) is 28.5 Å². The van der Waals surface area contributed by atoms with E-state index >= 15 is 0 Å². The molecule has 3 aromatic rings. The number of aromatic nitrogens is 3. The number of thioether (sulfide) groups is 1. The molecule has 1 aromatic carbocycles. The molecule has 1 saturated heterocycles. The van der Waals surface area contributed by atoms with Gasteiger partial charge in [0.25, 0.3) is 0 Å². The summed E-state index contributed by atoms with van der Waals surface area (Å²) in [4.78, 5) is 32.4. The molecule has 0 bridgehead atoms. The monoisotopic (exact) mass is 483 g/mol. The SMILES string of the molecule is C[C@@H](Oc1nc(SCc2cccc(F)c2F)nc2c1sc(=O)n2C1CCCCO1)C(=O)O. The summed E-state index contributed by atoms with van der Waals surface area (Å²) in [7, 11) is 0. The van der Waals surface area contributed by atoms with Gasteiger partial charge >= 0.3 is 10.8 Å². The topological polar surface area (TPSA) is 104 Å². The fourth-order valence-electron chi connectivity index (χ4n) is 3.22. The second-order valence-electron chi connectivity index (χ2n) is 7.12. The van der Waals surface area contributed by atoms with Crippen molar-refractivity contribution in [1.82, 2.24) is 14.5 Å². The summed E-state index contributed by atoms with van der Waals surface area (Å²) in [6.07, 6.45) is 0.701. The molecule has 1 aliphatic heterocycles. The summed E-state index contributed by atoms with van der Waals surface area (Å²) < 4.78 is 40.5. The van der Waals surface area contributed by atoms with Crippen molar-refractivity contribution in [2.45, 2.75) is 49.4 Å². The first-order chi connectivity index (χ1) is 15.3. The van der Waals surface area contributed by atoms with E-state index < -0.39 is 29.9 Å². The summed E-state index contributed by atoms with van der Waals surface area (Å²) in [5, 5.41) is 9.36. The Bertz CT molecular complexity index is 1210. The molecule has 2 aromatic heterocycles. The number of ether oxygens (including phenoxy) is 2. The van der Waals surface area contributed by atoms with Gasteiger partial charge in [0, 0.05) is 17.9 Å². The largest absolute Gasteiger partial charge is 0.479 e. The average Bonchev–Trinajstić information content (AvgIpc) is 3.11. The van der Waals surface area contributed by atoms with Crippen molar-refractivity contribution < 1.29 is 28.2 Å². The zero-order valence-electron chi connectivity index (χ0n) is 16.9. The van der Waals surface area contributed by atoms with E-state index in [1.54, 1.807) is 0 Å². The van der Waals surface area contributed by atoms with Gasteiger partial charge in [-0.3, -0.25) is 9.36 Å². The molecule has 4 rings (SSSR count). The van der Waals surface area contributed by atoms with E-state index in [9.17, 15) is 23.5 Å². The number of hydrogen-bond acceptors (Lipinski definition) is 8. The van der Waals surface area contributed by atoms with Gasteiger partial charge in [-0.05, 0) is 32.3 Å². The first-order valence-corrected chi connectivity index (χ1v) is 11.6. The minimum Gasteiger partial charge on any atom is -0.479 e. The zero-order chi connectivity index (χ0) is 22.8. The van der Waals surface area contributed by atoms with E-state index in [1.165, 1.54) is 23.6 Å². The van der Waals surface area contributed by atoms with Crippen LogP contribution in [0.25, 0.3) is 10.3 Å². The Labute approximate surface area is 189 Å². The minimum atomic E-state index is -1.22. The maximum absolute atomic E-state index is 14.0. The molecule has 8 nitrogen and oxygen atoms in total. The van der Waals surface area contributed by atoms with Crippen LogP contribution in [0.2, 0.25) is 0 Å². The quantitative estimate of drug-likeness (QED) is 0.398. The number of benzene rings is 1. The van der Waals surface area contributed by atoms with Crippen LogP contribution in [0, 0.1) is 11.6 Å². The molecule has 1 unspecified atom stereocenters. The lowest BCUT2D eigenvalue weighted by Gasteiger charge is -2.23. The summed E-state index contributed by atoms with van der Waals surface area (Å²) in [6, 6.07) is 3.88. The molecule has 1 N–H and O–H groups in total. The number of carbonyl (C=O) groups is 1. The van der Waals surface area contributed by atoms with Gasteiger partial charge in [-0.2, -0.15) is 4.98 Å². The molecule has 0 spiro atoms. The van der Waals surface area contributed by atoms with E-state index in [1.807, 2.05) is 0 Å². The number of fused-ring (bicyclic) bond motifs is 1. The molecule has 12 heteroatoms. The highest BCUT2D eigenvalue weighted by Crippen LogP contribution is 2.34. The maximum atomic E-state index is 14.0. The van der Waals surface area contributed by atoms with E-state index in [4.69, 9.17) is 9.47 Å². The Balaban J connectivity index is 1.75. The van der Waals surface area contributed by atoms with Crippen molar-refractivity contribution in [1.29, 1.82) is 0 Å². The van der Waals surface area contributed by atoms with Gasteiger partial charge in [-0.15, -0.1) is 0 Å². The van der Waals surface area contributed by atoms with Crippen molar-refractivity contribution >= 4 is 39.4 Å². The van der Waals surface area contributed by atoms with E-state index in [0.717, 1.165) is 42.0 Å². The molecule has 0 saturated carbocycles. The van der Waals surface area contributed by atoms with Gasteiger partial charge < -0.3 is 14.6 Å². The summed E-state index contributed by atoms with van der Waals surface area (Å²) >= 11 is 1.86. The number of aliphatic carboxylic acids is 1. The molecular formula is C20H19F2N3O5S2. The Kier molecular flexibility index (Phi) is 6.72. The van der Waals surface area contributed by atoms with E-state index in [-0.39, 0.29) is 32.9 Å². The van der Waals surface area contributed by atoms with Crippen LogP contribution in [0.15, 0.2) is 28.2 Å². The average molecular weight is 484 g/mol. The van der Waals surface area contributed by atoms with Crippen LogP contribution in [0.3, 0.4) is 0 Å². The second-order valence-corrected chi connectivity index (χ2v) is 9.03. The lowest BCUT2D eigenvalue weighted by molar-refractivity contribution is -0.144. The standard InChI is InChI=1S/C20H19F2N3O5S2/c1-10(18(26)27)30-17-15-16(25(20(28)32-15)13-7-2-3-8-29-13)23-19(24-17)31-9-11-5-4-6-12(21)14(11)22/h4-6,10,13H,2-3,7-9H2,1H3,(H,26,27)/t10-,13?/m1/s1. The molecule has 0 amide bonds. The maximum Gasteiger partial charge on any atom is 0.344 e. The normalized spacial score (nSPS) is 17.4. The summed E-state index contributed by atoms with van der Waals surface area (Å²) in [5.41, 5.74) is 0.384. The number of carboxylic acids is 1. The fourth-order valence-corrected chi connectivity index (χ4v) is 4.92. The highest BCUT2D eigenvalue weighted by molar-refractivity contribution is 7.98. The van der Waals surface area contributed by atoms with E-state index in [0.29, 0.717) is 17.7 Å². The molecule has 3 heterocycles. The summed E-state index contributed by atoms with van der Waals surface area (Å²) in [6.45, 7) is 1.86. The molecule has 1 aliphatic rings. The predicted octanol–water partition coefficient (Wildman–Crippen LogP) is 3.97. The first-order valence-electron chi connectivity index (χ1n) is 9.85. The number of nitrogens with zero attached hydrogens (tertiary/aromatic N) is 3. The highest BCUT2D eigenvalue weighted by Gasteiger charge is 2.26. The second kappa shape index (κ2) is 9.51. The van der Waals surface area contributed by atoms with Gasteiger partial charge in [-0.1, -0.05) is 35.2 Å². The molecule has 170 valence electrons. The van der Waals surface area contributed by atoms with Crippen LogP contribution < -0.4 is 9.61 Å². The predicted molar refractivity (Wildman–Crippen MR) is 114 cm³/mol. The van der Waals surface area contributed by atoms with Crippen LogP contribution in [-0.4, -0.2) is 38.3 Å². The number of hydrogen-bond donors (Lipinski definition) is 1. The third kappa shape index (κ3) is 4.62. The number of rotatable bonds is 7. The van der Waals surface area contributed by atoms with Crippen LogP contribution in [0.4, 0.5) is 8.78 Å². The number of carboxylic acid groups (broad SMARTS) is 1. The summed E-state index contributed by atoms with van der Waals surface area (Å²) in [5.74, 6) is -3.14. The van der Waals surface area contributed by atoms with Crippen LogP contribution in [0.5, 0.6) is 5.88 Å². The Morgan fingerprint density at radius 2 is 2.22 bits per heavy atom. The Morgan fingerprint density at radius 3 is 2.94 bits per heavy atom. The minimum absolute atomic E-state index is 0.0251. The highest BCUT2D eigenvalue weighted by atomic mass is 32.2. The van der Waals surface area contributed by atoms with Crippen LogP contribution in [0.1, 0.15) is 38.0 Å². The molecule has 32 heavy (non-hydrogen) atoms. The molecular weight excluding hydrogens is 464 g/mol. The third-order valence-corrected chi connectivity index (χ3v) is 6.71. The zero-order valence-corrected chi connectivity index (χ0v) is 18.5.